The first-order chi connectivity index (χ1) is 10.6. The number of hydrogen-bond acceptors (Lipinski definition) is 7. The van der Waals surface area contributed by atoms with Crippen LogP contribution in [0.2, 0.25) is 0 Å². The van der Waals surface area contributed by atoms with Crippen LogP contribution in [0.3, 0.4) is 0 Å². The average Bonchev–Trinajstić information content (AvgIpc) is 3.17. The number of nitrogens with zero attached hydrogens (tertiary/aromatic N) is 3. The molecular formula is C14H12N4O4. The summed E-state index contributed by atoms with van der Waals surface area (Å²) in [6, 6.07) is 8.30. The number of hydrogen-bond donors (Lipinski definition) is 1. The number of anilines is 1. The van der Waals surface area contributed by atoms with Crippen LogP contribution in [-0.4, -0.2) is 15.1 Å². The number of rotatable bonds is 5. The van der Waals surface area contributed by atoms with E-state index in [1.165, 1.54) is 12.3 Å². The van der Waals surface area contributed by atoms with Gasteiger partial charge in [0.2, 0.25) is 11.7 Å². The van der Waals surface area contributed by atoms with Gasteiger partial charge in [0, 0.05) is 17.3 Å². The van der Waals surface area contributed by atoms with E-state index < -0.39 is 4.92 Å². The maximum atomic E-state index is 10.9. The van der Waals surface area contributed by atoms with E-state index in [1.807, 2.05) is 0 Å². The molecule has 3 aromatic rings. The second kappa shape index (κ2) is 5.68. The van der Waals surface area contributed by atoms with E-state index in [2.05, 4.69) is 15.5 Å². The van der Waals surface area contributed by atoms with E-state index in [0.29, 0.717) is 28.7 Å². The Labute approximate surface area is 124 Å². The first-order valence-corrected chi connectivity index (χ1v) is 6.49. The molecule has 2 aromatic heterocycles. The third-order valence-electron chi connectivity index (χ3n) is 3.14. The van der Waals surface area contributed by atoms with Crippen molar-refractivity contribution in [2.45, 2.75) is 13.5 Å². The third-order valence-corrected chi connectivity index (χ3v) is 3.14. The molecule has 22 heavy (non-hydrogen) atoms. The Hall–Kier alpha value is -3.16. The minimum absolute atomic E-state index is 0.0619. The molecule has 8 nitrogen and oxygen atoms in total. The average molecular weight is 300 g/mol. The topological polar surface area (TPSA) is 107 Å². The van der Waals surface area contributed by atoms with Crippen LogP contribution < -0.4 is 5.32 Å². The van der Waals surface area contributed by atoms with E-state index in [4.69, 9.17) is 8.94 Å². The summed E-state index contributed by atoms with van der Waals surface area (Å²) >= 11 is 0. The Kier molecular flexibility index (Phi) is 3.57. The van der Waals surface area contributed by atoms with Gasteiger partial charge in [-0.2, -0.15) is 4.98 Å². The molecule has 0 saturated heterocycles. The molecule has 0 fully saturated rings. The molecule has 1 aromatic carbocycles. The molecule has 0 amide bonds. The number of nitro benzene ring substituents is 1. The lowest BCUT2D eigenvalue weighted by Crippen LogP contribution is -2.03. The normalized spacial score (nSPS) is 10.6. The molecule has 3 rings (SSSR count). The minimum atomic E-state index is -0.414. The fraction of sp³-hybridized carbons (Fsp3) is 0.143. The zero-order valence-electron chi connectivity index (χ0n) is 11.6. The van der Waals surface area contributed by atoms with Crippen molar-refractivity contribution in [3.8, 4) is 11.6 Å². The zero-order chi connectivity index (χ0) is 15.5. The van der Waals surface area contributed by atoms with Crippen molar-refractivity contribution in [1.29, 1.82) is 0 Å². The molecule has 112 valence electrons. The Morgan fingerprint density at radius 3 is 2.91 bits per heavy atom. The van der Waals surface area contributed by atoms with Gasteiger partial charge < -0.3 is 14.3 Å². The molecule has 0 atom stereocenters. The maximum absolute atomic E-state index is 10.9. The Morgan fingerprint density at radius 1 is 1.32 bits per heavy atom. The zero-order valence-corrected chi connectivity index (χ0v) is 11.6. The number of furan rings is 1. The molecule has 0 aliphatic rings. The molecule has 0 aliphatic heterocycles. The molecular weight excluding hydrogens is 288 g/mol. The summed E-state index contributed by atoms with van der Waals surface area (Å²) in [7, 11) is 0. The highest BCUT2D eigenvalue weighted by atomic mass is 16.6. The van der Waals surface area contributed by atoms with Crippen molar-refractivity contribution >= 4 is 11.4 Å². The highest BCUT2D eigenvalue weighted by Crippen LogP contribution is 2.25. The molecule has 0 saturated carbocycles. The fourth-order valence-electron chi connectivity index (χ4n) is 2.02. The fourth-order valence-corrected chi connectivity index (χ4v) is 2.02. The molecule has 8 heteroatoms. The lowest BCUT2D eigenvalue weighted by atomic mass is 10.1. The summed E-state index contributed by atoms with van der Waals surface area (Å²) in [5.74, 6) is 1.23. The minimum Gasteiger partial charge on any atom is -0.461 e. The molecule has 0 bridgehead atoms. The summed E-state index contributed by atoms with van der Waals surface area (Å²) in [6.07, 6.45) is 1.52. The number of aromatic nitrogens is 2. The predicted octanol–water partition coefficient (Wildman–Crippen LogP) is 3.16. The predicted molar refractivity (Wildman–Crippen MR) is 77.2 cm³/mol. The molecule has 2 heterocycles. The second-order valence-corrected chi connectivity index (χ2v) is 4.55. The summed E-state index contributed by atoms with van der Waals surface area (Å²) in [5.41, 5.74) is 1.26. The largest absolute Gasteiger partial charge is 0.461 e. The summed E-state index contributed by atoms with van der Waals surface area (Å²) in [5, 5.41) is 17.8. The second-order valence-electron chi connectivity index (χ2n) is 4.55. The van der Waals surface area contributed by atoms with Gasteiger partial charge in [-0.1, -0.05) is 11.2 Å². The lowest BCUT2D eigenvalue weighted by Gasteiger charge is -2.07. The van der Waals surface area contributed by atoms with E-state index in [-0.39, 0.29) is 12.2 Å². The van der Waals surface area contributed by atoms with Crippen LogP contribution in [0.15, 0.2) is 45.5 Å². The van der Waals surface area contributed by atoms with E-state index >= 15 is 0 Å². The highest BCUT2D eigenvalue weighted by molar-refractivity contribution is 5.59. The van der Waals surface area contributed by atoms with Gasteiger partial charge in [-0.05, 0) is 25.1 Å². The number of nitrogens with one attached hydrogen (secondary N) is 1. The van der Waals surface area contributed by atoms with Crippen LogP contribution in [0, 0.1) is 17.0 Å². The molecule has 1 N–H and O–H groups in total. The molecule has 0 unspecified atom stereocenters. The van der Waals surface area contributed by atoms with Crippen molar-refractivity contribution in [2.75, 3.05) is 5.32 Å². The van der Waals surface area contributed by atoms with Gasteiger partial charge in [-0.15, -0.1) is 0 Å². The van der Waals surface area contributed by atoms with Crippen molar-refractivity contribution in [1.82, 2.24) is 10.1 Å². The Morgan fingerprint density at radius 2 is 2.18 bits per heavy atom. The van der Waals surface area contributed by atoms with E-state index in [9.17, 15) is 10.1 Å². The van der Waals surface area contributed by atoms with E-state index in [0.717, 1.165) is 0 Å². The number of benzene rings is 1. The van der Waals surface area contributed by atoms with Crippen molar-refractivity contribution in [2.24, 2.45) is 0 Å². The van der Waals surface area contributed by atoms with Crippen molar-refractivity contribution in [3.05, 3.63) is 58.2 Å². The van der Waals surface area contributed by atoms with E-state index in [1.54, 1.807) is 31.2 Å². The monoisotopic (exact) mass is 300 g/mol. The van der Waals surface area contributed by atoms with Gasteiger partial charge in [0.1, 0.15) is 0 Å². The van der Waals surface area contributed by atoms with Crippen LogP contribution >= 0.6 is 0 Å². The van der Waals surface area contributed by atoms with Crippen molar-refractivity contribution < 1.29 is 13.9 Å². The van der Waals surface area contributed by atoms with Crippen LogP contribution in [0.25, 0.3) is 11.6 Å². The smallest absolute Gasteiger partial charge is 0.274 e. The Balaban J connectivity index is 1.73. The first-order valence-electron chi connectivity index (χ1n) is 6.49. The quantitative estimate of drug-likeness (QED) is 0.569. The summed E-state index contributed by atoms with van der Waals surface area (Å²) in [6.45, 7) is 1.94. The van der Waals surface area contributed by atoms with Gasteiger partial charge in [0.15, 0.2) is 5.76 Å². The molecule has 0 aliphatic carbocycles. The van der Waals surface area contributed by atoms with Crippen molar-refractivity contribution in [3.63, 3.8) is 0 Å². The number of nitro groups is 1. The van der Waals surface area contributed by atoms with Crippen LogP contribution in [0.5, 0.6) is 0 Å². The van der Waals surface area contributed by atoms with Crippen LogP contribution in [0.4, 0.5) is 11.4 Å². The van der Waals surface area contributed by atoms with Crippen LogP contribution in [0.1, 0.15) is 11.5 Å². The van der Waals surface area contributed by atoms with Gasteiger partial charge in [0.25, 0.3) is 5.69 Å². The maximum Gasteiger partial charge on any atom is 0.274 e. The van der Waals surface area contributed by atoms with Gasteiger partial charge >= 0.3 is 0 Å². The summed E-state index contributed by atoms with van der Waals surface area (Å²) in [4.78, 5) is 14.7. The standard InChI is InChI=1S/C14H12N4O4/c1-9-10(4-2-5-11(9)18(19)20)15-8-13-16-14(17-22-13)12-6-3-7-21-12/h2-7,15H,8H2,1H3. The SMILES string of the molecule is Cc1c(NCc2nc(-c3ccco3)no2)cccc1[N+](=O)[O-]. The van der Waals surface area contributed by atoms with Gasteiger partial charge in [-0.25, -0.2) is 0 Å². The van der Waals surface area contributed by atoms with Gasteiger partial charge in [0.05, 0.1) is 17.7 Å². The molecule has 0 spiro atoms. The van der Waals surface area contributed by atoms with Crippen LogP contribution in [-0.2, 0) is 6.54 Å². The highest BCUT2D eigenvalue weighted by Gasteiger charge is 2.14. The summed E-state index contributed by atoms with van der Waals surface area (Å²) < 4.78 is 10.3. The molecule has 0 radical (unpaired) electrons. The van der Waals surface area contributed by atoms with Gasteiger partial charge in [-0.3, -0.25) is 10.1 Å². The lowest BCUT2D eigenvalue weighted by molar-refractivity contribution is -0.385. The Bertz CT molecular complexity index is 795. The third kappa shape index (κ3) is 2.66. The first kappa shape index (κ1) is 13.8.